The summed E-state index contributed by atoms with van der Waals surface area (Å²) in [5.74, 6) is 0. The minimum atomic E-state index is -0.273. The maximum atomic E-state index is 11.6. The van der Waals surface area contributed by atoms with Crippen LogP contribution in [0.3, 0.4) is 0 Å². The molecule has 0 aromatic heterocycles. The van der Waals surface area contributed by atoms with Crippen LogP contribution in [0.4, 0.5) is 4.79 Å². The van der Waals surface area contributed by atoms with Gasteiger partial charge in [0.2, 0.25) is 0 Å². The number of nitrogens with zero attached hydrogens (tertiary/aromatic N) is 2. The van der Waals surface area contributed by atoms with E-state index >= 15 is 0 Å². The lowest BCUT2D eigenvalue weighted by Crippen LogP contribution is -2.37. The molecule has 5 heteroatoms. The van der Waals surface area contributed by atoms with Gasteiger partial charge in [-0.15, -0.1) is 11.8 Å². The van der Waals surface area contributed by atoms with Crippen LogP contribution >= 0.6 is 11.8 Å². The Morgan fingerprint density at radius 1 is 1.30 bits per heavy atom. The minimum absolute atomic E-state index is 0.184. The Balaban J connectivity index is 1.61. The van der Waals surface area contributed by atoms with Gasteiger partial charge in [0, 0.05) is 38.0 Å². The molecule has 1 atom stereocenters. The molecule has 1 spiro atoms. The Kier molecular flexibility index (Phi) is 3.65. The molecule has 0 radical (unpaired) electrons. The van der Waals surface area contributed by atoms with Crippen LogP contribution in [0.2, 0.25) is 0 Å². The number of carbonyl (C=O) groups excluding carboxylic acids is 1. The smallest absolute Gasteiger partial charge is 0.410 e. The van der Waals surface area contributed by atoms with Crippen LogP contribution in [0.25, 0.3) is 0 Å². The van der Waals surface area contributed by atoms with E-state index in [9.17, 15) is 4.79 Å². The number of likely N-dealkylation sites (N-methyl/N-ethyl adjacent to an activating group) is 1. The molecule has 0 N–H and O–H groups in total. The van der Waals surface area contributed by atoms with Crippen molar-refractivity contribution in [3.8, 4) is 0 Å². The van der Waals surface area contributed by atoms with Gasteiger partial charge < -0.3 is 9.64 Å². The standard InChI is InChI=1S/C15H20N2O2S/c1-16-10-15(19-14(16)18)7-8-17(11-15)9-12-3-5-13(20-2)6-4-12/h3-6H,7-11H2,1-2H3/t15-/m0/s1. The number of carbonyl (C=O) groups is 1. The first kappa shape index (κ1) is 13.8. The van der Waals surface area contributed by atoms with Gasteiger partial charge in [0.15, 0.2) is 0 Å². The number of amides is 1. The molecule has 1 aromatic carbocycles. The SMILES string of the molecule is CSc1ccc(CN2CC[C@@]3(C2)CN(C)C(=O)O3)cc1. The summed E-state index contributed by atoms with van der Waals surface area (Å²) in [5, 5.41) is 0. The van der Waals surface area contributed by atoms with Crippen molar-refractivity contribution in [1.29, 1.82) is 0 Å². The molecule has 0 unspecified atom stereocenters. The van der Waals surface area contributed by atoms with E-state index in [-0.39, 0.29) is 11.7 Å². The number of thioether (sulfide) groups is 1. The molecule has 2 fully saturated rings. The van der Waals surface area contributed by atoms with Crippen molar-refractivity contribution in [2.45, 2.75) is 23.5 Å². The number of benzene rings is 1. The largest absolute Gasteiger partial charge is 0.439 e. The normalized spacial score (nSPS) is 26.5. The van der Waals surface area contributed by atoms with Crippen LogP contribution in [0, 0.1) is 0 Å². The molecule has 3 rings (SSSR count). The number of hydrogen-bond acceptors (Lipinski definition) is 4. The molecule has 108 valence electrons. The minimum Gasteiger partial charge on any atom is -0.439 e. The van der Waals surface area contributed by atoms with Crippen LogP contribution < -0.4 is 0 Å². The Morgan fingerprint density at radius 3 is 2.65 bits per heavy atom. The lowest BCUT2D eigenvalue weighted by molar-refractivity contribution is 0.0627. The van der Waals surface area contributed by atoms with E-state index in [1.165, 1.54) is 10.5 Å². The fourth-order valence-electron chi connectivity index (χ4n) is 3.06. The van der Waals surface area contributed by atoms with Crippen molar-refractivity contribution in [1.82, 2.24) is 9.80 Å². The van der Waals surface area contributed by atoms with E-state index in [1.54, 1.807) is 23.7 Å². The summed E-state index contributed by atoms with van der Waals surface area (Å²) in [6, 6.07) is 8.69. The topological polar surface area (TPSA) is 32.8 Å². The molecular weight excluding hydrogens is 272 g/mol. The van der Waals surface area contributed by atoms with Crippen LogP contribution in [-0.4, -0.2) is 54.4 Å². The highest BCUT2D eigenvalue weighted by Gasteiger charge is 2.48. The predicted molar refractivity (Wildman–Crippen MR) is 80.0 cm³/mol. The van der Waals surface area contributed by atoms with E-state index in [4.69, 9.17) is 4.74 Å². The maximum Gasteiger partial charge on any atom is 0.410 e. The highest BCUT2D eigenvalue weighted by molar-refractivity contribution is 7.98. The average molecular weight is 292 g/mol. The van der Waals surface area contributed by atoms with Gasteiger partial charge in [-0.1, -0.05) is 12.1 Å². The Morgan fingerprint density at radius 2 is 2.05 bits per heavy atom. The van der Waals surface area contributed by atoms with E-state index < -0.39 is 0 Å². The van der Waals surface area contributed by atoms with Crippen molar-refractivity contribution < 1.29 is 9.53 Å². The second-order valence-electron chi connectivity index (χ2n) is 5.72. The summed E-state index contributed by atoms with van der Waals surface area (Å²) in [6.45, 7) is 3.48. The first-order chi connectivity index (χ1) is 9.60. The summed E-state index contributed by atoms with van der Waals surface area (Å²) < 4.78 is 5.57. The van der Waals surface area contributed by atoms with Crippen molar-refractivity contribution >= 4 is 17.9 Å². The molecule has 2 heterocycles. The molecular formula is C15H20N2O2S. The third-order valence-electron chi connectivity index (χ3n) is 4.10. The van der Waals surface area contributed by atoms with Gasteiger partial charge >= 0.3 is 6.09 Å². The second kappa shape index (κ2) is 5.30. The Hall–Kier alpha value is -1.20. The second-order valence-corrected chi connectivity index (χ2v) is 6.60. The molecule has 2 aliphatic rings. The molecule has 0 aliphatic carbocycles. The average Bonchev–Trinajstić information content (AvgIpc) is 2.94. The fraction of sp³-hybridized carbons (Fsp3) is 0.533. The first-order valence-corrected chi connectivity index (χ1v) is 8.12. The van der Waals surface area contributed by atoms with E-state index in [0.29, 0.717) is 6.54 Å². The Labute approximate surface area is 124 Å². The van der Waals surface area contributed by atoms with E-state index in [1.807, 2.05) is 0 Å². The van der Waals surface area contributed by atoms with E-state index in [0.717, 1.165) is 26.1 Å². The monoisotopic (exact) mass is 292 g/mol. The van der Waals surface area contributed by atoms with Crippen LogP contribution in [0.1, 0.15) is 12.0 Å². The van der Waals surface area contributed by atoms with Gasteiger partial charge in [0.05, 0.1) is 6.54 Å². The molecule has 0 bridgehead atoms. The van der Waals surface area contributed by atoms with Crippen molar-refractivity contribution in [2.24, 2.45) is 0 Å². The Bertz CT molecular complexity index is 505. The zero-order valence-corrected chi connectivity index (χ0v) is 12.8. The lowest BCUT2D eigenvalue weighted by atomic mass is 10.0. The van der Waals surface area contributed by atoms with Gasteiger partial charge in [-0.05, 0) is 24.0 Å². The molecule has 1 aromatic rings. The van der Waals surface area contributed by atoms with Gasteiger partial charge in [0.1, 0.15) is 5.60 Å². The summed E-state index contributed by atoms with van der Waals surface area (Å²) in [4.78, 5) is 16.9. The molecule has 4 nitrogen and oxygen atoms in total. The number of hydrogen-bond donors (Lipinski definition) is 0. The predicted octanol–water partition coefficient (Wildman–Crippen LogP) is 2.44. The highest BCUT2D eigenvalue weighted by Crippen LogP contribution is 2.32. The molecule has 1 amide bonds. The van der Waals surface area contributed by atoms with Gasteiger partial charge in [0.25, 0.3) is 0 Å². The van der Waals surface area contributed by atoms with E-state index in [2.05, 4.69) is 35.4 Å². The third-order valence-corrected chi connectivity index (χ3v) is 4.85. The highest BCUT2D eigenvalue weighted by atomic mass is 32.2. The van der Waals surface area contributed by atoms with Crippen molar-refractivity contribution in [3.05, 3.63) is 29.8 Å². The van der Waals surface area contributed by atoms with Crippen molar-refractivity contribution in [3.63, 3.8) is 0 Å². The van der Waals surface area contributed by atoms with Crippen LogP contribution in [0.15, 0.2) is 29.2 Å². The molecule has 2 aliphatic heterocycles. The fourth-order valence-corrected chi connectivity index (χ4v) is 3.46. The number of likely N-dealkylation sites (tertiary alicyclic amines) is 1. The quantitative estimate of drug-likeness (QED) is 0.801. The zero-order valence-electron chi connectivity index (χ0n) is 12.0. The summed E-state index contributed by atoms with van der Waals surface area (Å²) in [7, 11) is 1.81. The van der Waals surface area contributed by atoms with Gasteiger partial charge in [-0.3, -0.25) is 4.90 Å². The first-order valence-electron chi connectivity index (χ1n) is 6.90. The summed E-state index contributed by atoms with van der Waals surface area (Å²) in [5.41, 5.74) is 1.04. The number of ether oxygens (including phenoxy) is 1. The summed E-state index contributed by atoms with van der Waals surface area (Å²) >= 11 is 1.76. The third kappa shape index (κ3) is 2.65. The van der Waals surface area contributed by atoms with Crippen LogP contribution in [-0.2, 0) is 11.3 Å². The van der Waals surface area contributed by atoms with Crippen LogP contribution in [0.5, 0.6) is 0 Å². The lowest BCUT2D eigenvalue weighted by Gasteiger charge is -2.21. The molecule has 2 saturated heterocycles. The molecule has 0 saturated carbocycles. The summed E-state index contributed by atoms with van der Waals surface area (Å²) in [6.07, 6.45) is 2.84. The zero-order chi connectivity index (χ0) is 14.2. The van der Waals surface area contributed by atoms with Gasteiger partial charge in [-0.2, -0.15) is 0 Å². The van der Waals surface area contributed by atoms with Gasteiger partial charge in [-0.25, -0.2) is 4.79 Å². The molecule has 20 heavy (non-hydrogen) atoms. The number of rotatable bonds is 3. The maximum absolute atomic E-state index is 11.6. The van der Waals surface area contributed by atoms with Crippen molar-refractivity contribution in [2.75, 3.05) is 32.9 Å².